The first-order valence-electron chi connectivity index (χ1n) is 5.28. The van der Waals surface area contributed by atoms with Gasteiger partial charge in [-0.05, 0) is 48.9 Å². The van der Waals surface area contributed by atoms with Crippen LogP contribution in [0.25, 0.3) is 0 Å². The third-order valence-corrected chi connectivity index (χ3v) is 2.76. The van der Waals surface area contributed by atoms with Crippen LogP contribution in [0.2, 0.25) is 0 Å². The number of hydrogen-bond donors (Lipinski definition) is 0. The minimum Gasteiger partial charge on any atom is -0.0651 e. The standard InChI is InChI=1S/C13H20/c1-5-7-13-9-12(6-2)8-10(3)11(13)4/h8-9H,5-7H2,1-4H3. The van der Waals surface area contributed by atoms with Gasteiger partial charge in [0, 0.05) is 0 Å². The molecule has 1 aromatic carbocycles. The van der Waals surface area contributed by atoms with E-state index in [0.717, 1.165) is 6.42 Å². The summed E-state index contributed by atoms with van der Waals surface area (Å²) in [5.74, 6) is 0. The Morgan fingerprint density at radius 3 is 2.31 bits per heavy atom. The average molecular weight is 176 g/mol. The molecule has 0 atom stereocenters. The molecule has 0 amide bonds. The molecule has 0 saturated heterocycles. The van der Waals surface area contributed by atoms with Crippen LogP contribution in [0.3, 0.4) is 0 Å². The molecule has 0 unspecified atom stereocenters. The number of aryl methyl sites for hydroxylation is 3. The Morgan fingerprint density at radius 2 is 1.77 bits per heavy atom. The van der Waals surface area contributed by atoms with E-state index < -0.39 is 0 Å². The molecule has 1 rings (SSSR count). The summed E-state index contributed by atoms with van der Waals surface area (Å²) >= 11 is 0. The largest absolute Gasteiger partial charge is 0.0651 e. The summed E-state index contributed by atoms with van der Waals surface area (Å²) in [7, 11) is 0. The van der Waals surface area contributed by atoms with Crippen molar-refractivity contribution in [2.75, 3.05) is 0 Å². The highest BCUT2D eigenvalue weighted by molar-refractivity contribution is 5.37. The number of hydrogen-bond acceptors (Lipinski definition) is 0. The van der Waals surface area contributed by atoms with Crippen molar-refractivity contribution in [3.63, 3.8) is 0 Å². The molecule has 0 N–H and O–H groups in total. The summed E-state index contributed by atoms with van der Waals surface area (Å²) in [5, 5.41) is 0. The summed E-state index contributed by atoms with van der Waals surface area (Å²) in [6.45, 7) is 8.92. The van der Waals surface area contributed by atoms with Gasteiger partial charge in [-0.2, -0.15) is 0 Å². The van der Waals surface area contributed by atoms with Crippen LogP contribution in [-0.4, -0.2) is 0 Å². The molecule has 0 aliphatic heterocycles. The van der Waals surface area contributed by atoms with Gasteiger partial charge in [-0.15, -0.1) is 0 Å². The molecular weight excluding hydrogens is 156 g/mol. The lowest BCUT2D eigenvalue weighted by atomic mass is 9.96. The van der Waals surface area contributed by atoms with Crippen LogP contribution in [0.1, 0.15) is 42.5 Å². The number of benzene rings is 1. The predicted octanol–water partition coefficient (Wildman–Crippen LogP) is 3.82. The molecule has 0 radical (unpaired) electrons. The van der Waals surface area contributed by atoms with Crippen LogP contribution in [-0.2, 0) is 12.8 Å². The first kappa shape index (κ1) is 10.3. The van der Waals surface area contributed by atoms with Crippen LogP contribution in [0, 0.1) is 13.8 Å². The van der Waals surface area contributed by atoms with Gasteiger partial charge in [-0.25, -0.2) is 0 Å². The summed E-state index contributed by atoms with van der Waals surface area (Å²) in [4.78, 5) is 0. The molecule has 0 fully saturated rings. The van der Waals surface area contributed by atoms with Crippen molar-refractivity contribution in [3.05, 3.63) is 34.4 Å². The van der Waals surface area contributed by atoms with Crippen molar-refractivity contribution in [1.82, 2.24) is 0 Å². The van der Waals surface area contributed by atoms with E-state index in [1.165, 1.54) is 29.5 Å². The monoisotopic (exact) mass is 176 g/mol. The minimum absolute atomic E-state index is 1.15. The van der Waals surface area contributed by atoms with E-state index in [1.54, 1.807) is 5.56 Å². The molecule has 0 bridgehead atoms. The Labute approximate surface area is 82.0 Å². The summed E-state index contributed by atoms with van der Waals surface area (Å²) < 4.78 is 0. The quantitative estimate of drug-likeness (QED) is 0.657. The summed E-state index contributed by atoms with van der Waals surface area (Å²) in [6, 6.07) is 4.68. The second-order valence-corrected chi connectivity index (χ2v) is 3.80. The normalized spacial score (nSPS) is 10.5. The fourth-order valence-electron chi connectivity index (χ4n) is 1.75. The van der Waals surface area contributed by atoms with E-state index in [9.17, 15) is 0 Å². The maximum atomic E-state index is 2.37. The molecule has 13 heavy (non-hydrogen) atoms. The zero-order valence-corrected chi connectivity index (χ0v) is 9.28. The lowest BCUT2D eigenvalue weighted by Crippen LogP contribution is -1.95. The molecule has 0 heterocycles. The SMILES string of the molecule is CCCc1cc(CC)cc(C)c1C. The lowest BCUT2D eigenvalue weighted by Gasteiger charge is -2.10. The fourth-order valence-corrected chi connectivity index (χ4v) is 1.75. The smallest absolute Gasteiger partial charge is 0.0279 e. The van der Waals surface area contributed by atoms with E-state index in [1.807, 2.05) is 0 Å². The molecule has 0 nitrogen and oxygen atoms in total. The molecule has 0 saturated carbocycles. The Morgan fingerprint density at radius 1 is 1.08 bits per heavy atom. The van der Waals surface area contributed by atoms with E-state index in [2.05, 4.69) is 39.8 Å². The third kappa shape index (κ3) is 2.33. The van der Waals surface area contributed by atoms with Gasteiger partial charge in [0.05, 0.1) is 0 Å². The van der Waals surface area contributed by atoms with Gasteiger partial charge in [-0.1, -0.05) is 32.4 Å². The van der Waals surface area contributed by atoms with Gasteiger partial charge in [0.1, 0.15) is 0 Å². The molecule has 0 spiro atoms. The van der Waals surface area contributed by atoms with Crippen molar-refractivity contribution in [2.45, 2.75) is 47.0 Å². The van der Waals surface area contributed by atoms with Gasteiger partial charge in [0.25, 0.3) is 0 Å². The Hall–Kier alpha value is -0.780. The van der Waals surface area contributed by atoms with Crippen molar-refractivity contribution in [1.29, 1.82) is 0 Å². The maximum absolute atomic E-state index is 2.37. The molecule has 0 aliphatic carbocycles. The first-order valence-corrected chi connectivity index (χ1v) is 5.28. The average Bonchev–Trinajstić information content (AvgIpc) is 2.13. The summed E-state index contributed by atoms with van der Waals surface area (Å²) in [6.07, 6.45) is 3.62. The summed E-state index contributed by atoms with van der Waals surface area (Å²) in [5.41, 5.74) is 5.95. The highest BCUT2D eigenvalue weighted by atomic mass is 14.1. The van der Waals surface area contributed by atoms with Gasteiger partial charge in [-0.3, -0.25) is 0 Å². The van der Waals surface area contributed by atoms with E-state index in [-0.39, 0.29) is 0 Å². The molecule has 0 aliphatic rings. The highest BCUT2D eigenvalue weighted by Crippen LogP contribution is 2.18. The Bertz CT molecular complexity index is 284. The van der Waals surface area contributed by atoms with Crippen molar-refractivity contribution < 1.29 is 0 Å². The molecule has 0 aromatic heterocycles. The van der Waals surface area contributed by atoms with E-state index >= 15 is 0 Å². The number of rotatable bonds is 3. The highest BCUT2D eigenvalue weighted by Gasteiger charge is 2.02. The topological polar surface area (TPSA) is 0 Å². The molecule has 72 valence electrons. The van der Waals surface area contributed by atoms with E-state index in [4.69, 9.17) is 0 Å². The van der Waals surface area contributed by atoms with Crippen molar-refractivity contribution in [3.8, 4) is 0 Å². The predicted molar refractivity (Wildman–Crippen MR) is 59.3 cm³/mol. The van der Waals surface area contributed by atoms with Crippen LogP contribution in [0.15, 0.2) is 12.1 Å². The van der Waals surface area contributed by atoms with Gasteiger partial charge >= 0.3 is 0 Å². The fraction of sp³-hybridized carbons (Fsp3) is 0.538. The Kier molecular flexibility index (Phi) is 3.53. The second kappa shape index (κ2) is 4.45. The molecule has 0 heteroatoms. The Balaban J connectivity index is 3.09. The lowest BCUT2D eigenvalue weighted by molar-refractivity contribution is 0.904. The zero-order valence-electron chi connectivity index (χ0n) is 9.28. The van der Waals surface area contributed by atoms with Crippen LogP contribution < -0.4 is 0 Å². The van der Waals surface area contributed by atoms with Crippen molar-refractivity contribution >= 4 is 0 Å². The van der Waals surface area contributed by atoms with Gasteiger partial charge < -0.3 is 0 Å². The minimum atomic E-state index is 1.15. The zero-order chi connectivity index (χ0) is 9.84. The van der Waals surface area contributed by atoms with Crippen LogP contribution >= 0.6 is 0 Å². The molecular formula is C13H20. The van der Waals surface area contributed by atoms with Gasteiger partial charge in [0.15, 0.2) is 0 Å². The van der Waals surface area contributed by atoms with Crippen LogP contribution in [0.5, 0.6) is 0 Å². The third-order valence-electron chi connectivity index (χ3n) is 2.76. The first-order chi connectivity index (χ1) is 6.19. The second-order valence-electron chi connectivity index (χ2n) is 3.80. The molecule has 1 aromatic rings. The van der Waals surface area contributed by atoms with Crippen molar-refractivity contribution in [2.24, 2.45) is 0 Å². The van der Waals surface area contributed by atoms with Gasteiger partial charge in [0.2, 0.25) is 0 Å². The maximum Gasteiger partial charge on any atom is -0.0279 e. The van der Waals surface area contributed by atoms with E-state index in [0.29, 0.717) is 0 Å². The van der Waals surface area contributed by atoms with Crippen LogP contribution in [0.4, 0.5) is 0 Å².